The summed E-state index contributed by atoms with van der Waals surface area (Å²) in [5.41, 5.74) is 3.23. The van der Waals surface area contributed by atoms with Gasteiger partial charge in [0, 0.05) is 28.3 Å². The topological polar surface area (TPSA) is 108 Å². The van der Waals surface area contributed by atoms with Gasteiger partial charge in [0.05, 0.1) is 12.7 Å². The minimum Gasteiger partial charge on any atom is -0.494 e. The van der Waals surface area contributed by atoms with E-state index in [1.165, 1.54) is 18.7 Å². The van der Waals surface area contributed by atoms with E-state index in [-0.39, 0.29) is 5.91 Å². The summed E-state index contributed by atoms with van der Waals surface area (Å²) in [6.07, 6.45) is -4.97. The second-order valence-corrected chi connectivity index (χ2v) is 10.7. The molecule has 0 aromatic heterocycles. The highest BCUT2D eigenvalue weighted by atomic mass is 35.5. The summed E-state index contributed by atoms with van der Waals surface area (Å²) < 4.78 is 11.7. The zero-order valence-electron chi connectivity index (χ0n) is 21.2. The minimum atomic E-state index is -1.38. The van der Waals surface area contributed by atoms with Crippen molar-refractivity contribution in [1.82, 2.24) is 0 Å². The molecule has 7 nitrogen and oxygen atoms in total. The van der Waals surface area contributed by atoms with Gasteiger partial charge >= 0.3 is 0 Å². The fraction of sp³-hybridized carbons (Fsp3) is 0.345. The molecule has 5 unspecified atom stereocenters. The highest BCUT2D eigenvalue weighted by molar-refractivity contribution is 7.99. The van der Waals surface area contributed by atoms with Crippen molar-refractivity contribution in [3.05, 3.63) is 88.4 Å². The van der Waals surface area contributed by atoms with Crippen molar-refractivity contribution in [2.45, 2.75) is 55.7 Å². The van der Waals surface area contributed by atoms with E-state index in [1.54, 1.807) is 18.2 Å². The maximum atomic E-state index is 11.4. The van der Waals surface area contributed by atoms with E-state index in [1.807, 2.05) is 55.5 Å². The van der Waals surface area contributed by atoms with E-state index in [2.05, 4.69) is 5.32 Å². The first-order valence-electron chi connectivity index (χ1n) is 12.4. The third kappa shape index (κ3) is 7.08. The van der Waals surface area contributed by atoms with Crippen LogP contribution in [0.4, 0.5) is 5.69 Å². The number of halogens is 1. The molecule has 3 aromatic rings. The summed E-state index contributed by atoms with van der Waals surface area (Å²) >= 11 is 7.92. The highest BCUT2D eigenvalue weighted by Crippen LogP contribution is 2.36. The van der Waals surface area contributed by atoms with Gasteiger partial charge in [-0.25, -0.2) is 0 Å². The van der Waals surface area contributed by atoms with Gasteiger partial charge in [0.15, 0.2) is 0 Å². The zero-order chi connectivity index (χ0) is 27.2. The first-order chi connectivity index (χ1) is 18.2. The average Bonchev–Trinajstić information content (AvgIpc) is 2.89. The summed E-state index contributed by atoms with van der Waals surface area (Å²) in [6, 6.07) is 20.5. The third-order valence-corrected chi connectivity index (χ3v) is 7.76. The molecule has 4 rings (SSSR count). The number of thioether (sulfide) groups is 1. The number of hydrogen-bond donors (Lipinski definition) is 4. The Morgan fingerprint density at radius 3 is 2.50 bits per heavy atom. The molecule has 0 aliphatic carbocycles. The van der Waals surface area contributed by atoms with Crippen LogP contribution in [0.3, 0.4) is 0 Å². The SMILES string of the molecule is CCOc1ccc(Cc2cc(C3OC(CSc4cccc(NC(C)=O)c4)C(O)C(O)C3O)ccc2Cl)cc1. The minimum absolute atomic E-state index is 0.164. The third-order valence-electron chi connectivity index (χ3n) is 6.31. The standard InChI is InChI=1S/C29H32ClNO6S/c1-3-36-22-10-7-18(8-11-22)13-20-14-19(9-12-24(20)30)29-28(35)27(34)26(33)25(37-29)16-38-23-6-4-5-21(15-23)31-17(2)32/h4-12,14-15,25-29,33-35H,3,13,16H2,1-2H3,(H,31,32). The molecule has 38 heavy (non-hydrogen) atoms. The van der Waals surface area contributed by atoms with Crippen molar-refractivity contribution in [3.8, 4) is 5.75 Å². The van der Waals surface area contributed by atoms with Crippen molar-refractivity contribution in [2.75, 3.05) is 17.7 Å². The van der Waals surface area contributed by atoms with Crippen molar-refractivity contribution >= 4 is 35.0 Å². The maximum Gasteiger partial charge on any atom is 0.221 e. The van der Waals surface area contributed by atoms with Crippen LogP contribution < -0.4 is 10.1 Å². The monoisotopic (exact) mass is 557 g/mol. The number of ether oxygens (including phenoxy) is 2. The predicted octanol–water partition coefficient (Wildman–Crippen LogP) is 4.60. The number of amides is 1. The maximum absolute atomic E-state index is 11.4. The van der Waals surface area contributed by atoms with Crippen molar-refractivity contribution in [3.63, 3.8) is 0 Å². The molecule has 0 spiro atoms. The molecule has 1 aliphatic heterocycles. The summed E-state index contributed by atoms with van der Waals surface area (Å²) in [6.45, 7) is 3.98. The molecule has 1 aliphatic rings. The molecular formula is C29H32ClNO6S. The first kappa shape index (κ1) is 28.4. The lowest BCUT2D eigenvalue weighted by Gasteiger charge is -2.41. The lowest BCUT2D eigenvalue weighted by atomic mass is 9.90. The molecule has 5 atom stereocenters. The second kappa shape index (κ2) is 13.0. The van der Waals surface area contributed by atoms with E-state index in [0.29, 0.717) is 35.1 Å². The molecule has 0 radical (unpaired) electrons. The van der Waals surface area contributed by atoms with Crippen molar-refractivity contribution in [2.24, 2.45) is 0 Å². The van der Waals surface area contributed by atoms with Gasteiger partial charge in [-0.15, -0.1) is 11.8 Å². The van der Waals surface area contributed by atoms with Gasteiger partial charge in [-0.05, 0) is 66.4 Å². The number of aliphatic hydroxyl groups is 3. The molecule has 9 heteroatoms. The quantitative estimate of drug-likeness (QED) is 0.285. The number of nitrogens with one attached hydrogen (secondary N) is 1. The average molecular weight is 558 g/mol. The molecule has 1 fully saturated rings. The number of rotatable bonds is 9. The van der Waals surface area contributed by atoms with E-state index in [4.69, 9.17) is 21.1 Å². The Kier molecular flexibility index (Phi) is 9.70. The Labute approximate surface area is 231 Å². The van der Waals surface area contributed by atoms with Crippen LogP contribution in [0.25, 0.3) is 0 Å². The largest absolute Gasteiger partial charge is 0.494 e. The fourth-order valence-corrected chi connectivity index (χ4v) is 5.61. The number of hydrogen-bond acceptors (Lipinski definition) is 7. The van der Waals surface area contributed by atoms with Crippen molar-refractivity contribution in [1.29, 1.82) is 0 Å². The van der Waals surface area contributed by atoms with Crippen LogP contribution in [0.2, 0.25) is 5.02 Å². The molecular weight excluding hydrogens is 526 g/mol. The Balaban J connectivity index is 1.48. The van der Waals surface area contributed by atoms with Gasteiger partial charge in [0.1, 0.15) is 30.2 Å². The lowest BCUT2D eigenvalue weighted by Crippen LogP contribution is -2.54. The van der Waals surface area contributed by atoms with E-state index in [9.17, 15) is 20.1 Å². The number of anilines is 1. The summed E-state index contributed by atoms with van der Waals surface area (Å²) in [7, 11) is 0. The Bertz CT molecular complexity index is 1240. The molecule has 3 aromatic carbocycles. The zero-order valence-corrected chi connectivity index (χ0v) is 22.8. The summed E-state index contributed by atoms with van der Waals surface area (Å²) in [5.74, 6) is 0.966. The van der Waals surface area contributed by atoms with Crippen molar-refractivity contribution < 1.29 is 29.6 Å². The van der Waals surface area contributed by atoms with Gasteiger partial charge < -0.3 is 30.1 Å². The van der Waals surface area contributed by atoms with Crippen LogP contribution in [0, 0.1) is 0 Å². The Morgan fingerprint density at radius 1 is 1.03 bits per heavy atom. The summed E-state index contributed by atoms with van der Waals surface area (Å²) in [4.78, 5) is 12.2. The van der Waals surface area contributed by atoms with E-state index >= 15 is 0 Å². The van der Waals surface area contributed by atoms with Crippen LogP contribution in [0.1, 0.15) is 36.6 Å². The lowest BCUT2D eigenvalue weighted by molar-refractivity contribution is -0.218. The second-order valence-electron chi connectivity index (χ2n) is 9.19. The Morgan fingerprint density at radius 2 is 1.79 bits per heavy atom. The van der Waals surface area contributed by atoms with Crippen LogP contribution in [0.15, 0.2) is 71.6 Å². The molecule has 0 saturated carbocycles. The van der Waals surface area contributed by atoms with Crippen LogP contribution in [-0.2, 0) is 16.0 Å². The number of aliphatic hydroxyl groups excluding tert-OH is 3. The van der Waals surface area contributed by atoms with Gasteiger partial charge in [0.25, 0.3) is 0 Å². The molecule has 4 N–H and O–H groups in total. The molecule has 1 saturated heterocycles. The predicted molar refractivity (Wildman–Crippen MR) is 149 cm³/mol. The highest BCUT2D eigenvalue weighted by Gasteiger charge is 2.44. The van der Waals surface area contributed by atoms with E-state index < -0.39 is 30.5 Å². The molecule has 1 heterocycles. The normalized spacial score (nSPS) is 23.2. The molecule has 1 amide bonds. The smallest absolute Gasteiger partial charge is 0.221 e. The number of carbonyl (C=O) groups is 1. The fourth-order valence-electron chi connectivity index (χ4n) is 4.41. The van der Waals surface area contributed by atoms with Crippen LogP contribution in [-0.4, -0.2) is 58.0 Å². The van der Waals surface area contributed by atoms with Gasteiger partial charge in [-0.3, -0.25) is 4.79 Å². The van der Waals surface area contributed by atoms with E-state index in [0.717, 1.165) is 21.8 Å². The van der Waals surface area contributed by atoms with Gasteiger partial charge in [-0.2, -0.15) is 0 Å². The number of benzene rings is 3. The molecule has 202 valence electrons. The molecule has 0 bridgehead atoms. The van der Waals surface area contributed by atoms with Gasteiger partial charge in [-0.1, -0.05) is 41.9 Å². The van der Waals surface area contributed by atoms with Crippen LogP contribution in [0.5, 0.6) is 5.75 Å². The first-order valence-corrected chi connectivity index (χ1v) is 13.8. The van der Waals surface area contributed by atoms with Gasteiger partial charge in [0.2, 0.25) is 5.91 Å². The summed E-state index contributed by atoms with van der Waals surface area (Å²) in [5, 5.41) is 35.4. The van der Waals surface area contributed by atoms with Crippen LogP contribution >= 0.6 is 23.4 Å². The number of carbonyl (C=O) groups excluding carboxylic acids is 1. The Hall–Kier alpha value is -2.59.